The highest BCUT2D eigenvalue weighted by Gasteiger charge is 2.18. The van der Waals surface area contributed by atoms with Crippen molar-refractivity contribution in [1.29, 1.82) is 0 Å². The first-order valence-electron chi connectivity index (χ1n) is 39.5. The van der Waals surface area contributed by atoms with Crippen LogP contribution in [0.3, 0.4) is 0 Å². The predicted molar refractivity (Wildman–Crippen MR) is 375 cm³/mol. The molecule has 2 atom stereocenters. The Morgan fingerprint density at radius 3 is 0.800 bits per heavy atom. The van der Waals surface area contributed by atoms with E-state index in [4.69, 9.17) is 4.74 Å². The molecule has 0 aromatic rings. The molecule has 0 aliphatic rings. The molecule has 0 heterocycles. The maximum Gasteiger partial charge on any atom is 0.305 e. The lowest BCUT2D eigenvalue weighted by Gasteiger charge is -2.20. The molecule has 0 aliphatic heterocycles. The van der Waals surface area contributed by atoms with Crippen LogP contribution in [-0.2, 0) is 14.3 Å². The Hall–Kier alpha value is -1.40. The van der Waals surface area contributed by atoms with Gasteiger partial charge in [-0.05, 0) is 32.1 Å². The Morgan fingerprint density at radius 1 is 0.318 bits per heavy atom. The van der Waals surface area contributed by atoms with Gasteiger partial charge in [0.2, 0.25) is 5.91 Å². The van der Waals surface area contributed by atoms with Gasteiger partial charge in [0, 0.05) is 12.8 Å². The summed E-state index contributed by atoms with van der Waals surface area (Å²) >= 11 is 0. The fourth-order valence-electron chi connectivity index (χ4n) is 12.8. The minimum absolute atomic E-state index is 0.0280. The summed E-state index contributed by atoms with van der Waals surface area (Å²) in [6, 6.07) is -0.623. The van der Waals surface area contributed by atoms with Gasteiger partial charge in [0.15, 0.2) is 0 Å². The molecule has 0 fully saturated rings. The van der Waals surface area contributed by atoms with Crippen molar-refractivity contribution in [3.63, 3.8) is 0 Å². The van der Waals surface area contributed by atoms with Crippen molar-refractivity contribution >= 4 is 11.9 Å². The number of rotatable bonds is 75. The van der Waals surface area contributed by atoms with Crippen molar-refractivity contribution in [3.8, 4) is 0 Å². The fourth-order valence-corrected chi connectivity index (χ4v) is 12.8. The summed E-state index contributed by atoms with van der Waals surface area (Å²) in [7, 11) is 0. The Balaban J connectivity index is 3.29. The lowest BCUT2D eigenvalue weighted by molar-refractivity contribution is -0.143. The molecule has 0 aliphatic carbocycles. The molecule has 85 heavy (non-hydrogen) atoms. The number of aliphatic hydroxyl groups excluding tert-OH is 2. The van der Waals surface area contributed by atoms with Crippen LogP contribution in [0, 0.1) is 0 Å². The van der Waals surface area contributed by atoms with Crippen molar-refractivity contribution in [2.45, 2.75) is 469 Å². The Bertz CT molecular complexity index is 1290. The van der Waals surface area contributed by atoms with Crippen molar-refractivity contribution in [3.05, 3.63) is 12.2 Å². The lowest BCUT2D eigenvalue weighted by Crippen LogP contribution is -2.45. The summed E-state index contributed by atoms with van der Waals surface area (Å²) in [5.41, 5.74) is 0. The summed E-state index contributed by atoms with van der Waals surface area (Å²) < 4.78 is 5.52. The number of carbonyl (C=O) groups is 2. The van der Waals surface area contributed by atoms with E-state index in [1.807, 2.05) is 6.08 Å². The van der Waals surface area contributed by atoms with Crippen LogP contribution in [0.25, 0.3) is 0 Å². The van der Waals surface area contributed by atoms with Crippen LogP contribution < -0.4 is 5.32 Å². The van der Waals surface area contributed by atoms with Gasteiger partial charge in [-0.3, -0.25) is 9.59 Å². The fraction of sp³-hybridized carbons (Fsp3) is 0.949. The number of allylic oxidation sites excluding steroid dienone is 1. The second-order valence-electron chi connectivity index (χ2n) is 27.4. The molecule has 0 spiro atoms. The first-order valence-corrected chi connectivity index (χ1v) is 39.5. The van der Waals surface area contributed by atoms with Crippen molar-refractivity contribution in [2.75, 3.05) is 13.2 Å². The molecule has 506 valence electrons. The molecular formula is C79H155NO5. The molecule has 0 saturated carbocycles. The molecule has 2 unspecified atom stereocenters. The number of aliphatic hydroxyl groups is 2. The van der Waals surface area contributed by atoms with E-state index >= 15 is 0 Å². The number of unbranched alkanes of at least 4 members (excludes halogenated alkanes) is 64. The van der Waals surface area contributed by atoms with E-state index in [-0.39, 0.29) is 18.5 Å². The van der Waals surface area contributed by atoms with Crippen molar-refractivity contribution < 1.29 is 24.5 Å². The normalized spacial score (nSPS) is 12.5. The molecule has 0 aromatic heterocycles. The molecule has 0 saturated heterocycles. The summed E-state index contributed by atoms with van der Waals surface area (Å²) in [4.78, 5) is 24.6. The Morgan fingerprint density at radius 2 is 0.541 bits per heavy atom. The molecule has 3 N–H and O–H groups in total. The second kappa shape index (κ2) is 75.1. The zero-order chi connectivity index (χ0) is 61.3. The predicted octanol–water partition coefficient (Wildman–Crippen LogP) is 25.9. The van der Waals surface area contributed by atoms with Crippen LogP contribution in [0.2, 0.25) is 0 Å². The van der Waals surface area contributed by atoms with Crippen LogP contribution in [0.4, 0.5) is 0 Å². The van der Waals surface area contributed by atoms with E-state index in [0.717, 1.165) is 38.5 Å². The van der Waals surface area contributed by atoms with E-state index in [9.17, 15) is 19.8 Å². The van der Waals surface area contributed by atoms with Crippen molar-refractivity contribution in [2.24, 2.45) is 0 Å². The average Bonchev–Trinajstić information content (AvgIpc) is 3.51. The summed E-state index contributed by atoms with van der Waals surface area (Å²) in [6.07, 6.45) is 94.9. The number of ether oxygens (including phenoxy) is 1. The smallest absolute Gasteiger partial charge is 0.305 e. The minimum Gasteiger partial charge on any atom is -0.466 e. The summed E-state index contributed by atoms with van der Waals surface area (Å²) in [5.74, 6) is -0.0313. The van der Waals surface area contributed by atoms with Gasteiger partial charge in [0.05, 0.1) is 25.4 Å². The summed E-state index contributed by atoms with van der Waals surface area (Å²) in [5, 5.41) is 23.2. The third-order valence-electron chi connectivity index (χ3n) is 18.8. The van der Waals surface area contributed by atoms with Crippen LogP contribution in [0.5, 0.6) is 0 Å². The van der Waals surface area contributed by atoms with Crippen molar-refractivity contribution in [1.82, 2.24) is 5.32 Å². The van der Waals surface area contributed by atoms with Gasteiger partial charge < -0.3 is 20.3 Å². The standard InChI is InChI=1S/C79H155NO5/c1-3-5-7-9-11-13-15-17-19-20-41-45-49-53-57-61-65-69-73-79(84)85-74-70-66-62-58-54-50-46-42-39-37-35-33-31-29-27-25-23-21-22-24-26-28-30-32-34-36-38-40-44-48-52-56-60-64-68-72-78(83)80-76(75-81)77(82)71-67-63-59-55-51-47-43-18-16-14-12-10-8-6-4-2/h67,71,76-77,81-82H,3-66,68-70,72-75H2,1-2H3,(H,80,83)/b71-67+. The topological polar surface area (TPSA) is 95.9 Å². The number of amides is 1. The molecule has 6 nitrogen and oxygen atoms in total. The van der Waals surface area contributed by atoms with Gasteiger partial charge in [0.1, 0.15) is 0 Å². The summed E-state index contributed by atoms with van der Waals surface area (Å²) in [6.45, 7) is 4.96. The molecule has 1 amide bonds. The highest BCUT2D eigenvalue weighted by Crippen LogP contribution is 2.20. The third-order valence-corrected chi connectivity index (χ3v) is 18.8. The maximum atomic E-state index is 12.5. The first kappa shape index (κ1) is 83.6. The quantitative estimate of drug-likeness (QED) is 0.0320. The monoisotopic (exact) mass is 1200 g/mol. The van der Waals surface area contributed by atoms with Crippen LogP contribution >= 0.6 is 0 Å². The number of nitrogens with one attached hydrogen (secondary N) is 1. The van der Waals surface area contributed by atoms with Gasteiger partial charge >= 0.3 is 5.97 Å². The van der Waals surface area contributed by atoms with Gasteiger partial charge in [-0.25, -0.2) is 0 Å². The first-order chi connectivity index (χ1) is 42.0. The number of hydrogen-bond acceptors (Lipinski definition) is 5. The number of esters is 1. The minimum atomic E-state index is -0.840. The number of carbonyl (C=O) groups excluding carboxylic acids is 2. The molecule has 0 rings (SSSR count). The van der Waals surface area contributed by atoms with E-state index < -0.39 is 12.1 Å². The van der Waals surface area contributed by atoms with Gasteiger partial charge in [-0.2, -0.15) is 0 Å². The molecule has 0 aromatic carbocycles. The van der Waals surface area contributed by atoms with E-state index in [2.05, 4.69) is 19.2 Å². The molecule has 6 heteroatoms. The molecule has 0 bridgehead atoms. The van der Waals surface area contributed by atoms with Gasteiger partial charge in [0.25, 0.3) is 0 Å². The second-order valence-corrected chi connectivity index (χ2v) is 27.4. The van der Waals surface area contributed by atoms with Gasteiger partial charge in [-0.15, -0.1) is 0 Å². The Kier molecular flexibility index (Phi) is 73.8. The highest BCUT2D eigenvalue weighted by atomic mass is 16.5. The van der Waals surface area contributed by atoms with E-state index in [0.29, 0.717) is 19.4 Å². The van der Waals surface area contributed by atoms with Gasteiger partial charge in [-0.1, -0.05) is 424 Å². The zero-order valence-corrected chi connectivity index (χ0v) is 58.1. The number of hydrogen-bond donors (Lipinski definition) is 3. The van der Waals surface area contributed by atoms with Crippen LogP contribution in [-0.4, -0.2) is 47.4 Å². The molecular weight excluding hydrogens is 1040 g/mol. The largest absolute Gasteiger partial charge is 0.466 e. The van der Waals surface area contributed by atoms with Crippen LogP contribution in [0.1, 0.15) is 457 Å². The highest BCUT2D eigenvalue weighted by molar-refractivity contribution is 5.76. The average molecular weight is 1200 g/mol. The zero-order valence-electron chi connectivity index (χ0n) is 58.1. The van der Waals surface area contributed by atoms with E-state index in [1.54, 1.807) is 6.08 Å². The maximum absolute atomic E-state index is 12.5. The van der Waals surface area contributed by atoms with E-state index in [1.165, 1.54) is 392 Å². The third kappa shape index (κ3) is 71.6. The van der Waals surface area contributed by atoms with Crippen LogP contribution in [0.15, 0.2) is 12.2 Å². The SMILES string of the molecule is CCCCCCCCCCCCCCC/C=C/C(O)C(CO)NC(=O)CCCCCCCCCCCCCCCCCCCCCCCCCCCCCCCCCCCCCOC(=O)CCCCCCCCCCCCCCCCCCCC. The molecule has 0 radical (unpaired) electrons. The Labute approximate surface area is 533 Å². The lowest BCUT2D eigenvalue weighted by atomic mass is 10.0.